The van der Waals surface area contributed by atoms with E-state index in [0.29, 0.717) is 11.5 Å². The lowest BCUT2D eigenvalue weighted by molar-refractivity contribution is 0.0974. The van der Waals surface area contributed by atoms with Gasteiger partial charge in [-0.2, -0.15) is 0 Å². The fraction of sp³-hybridized carbons (Fsp3) is 0.105. The standard InChI is InChI=1S/C19H15N3O3/c1-24-15-8-6-13(7-9-15)18(23)11-22-16-5-3-2-4-14(16)10-17(22)19-21-20-12-25-19/h2-10,12H,11H2,1H3. The van der Waals surface area contributed by atoms with Crippen molar-refractivity contribution in [3.05, 3.63) is 66.6 Å². The van der Waals surface area contributed by atoms with Crippen molar-refractivity contribution in [1.82, 2.24) is 14.8 Å². The summed E-state index contributed by atoms with van der Waals surface area (Å²) in [6, 6.07) is 16.9. The van der Waals surface area contributed by atoms with E-state index in [0.717, 1.165) is 22.3 Å². The third-order valence-electron chi connectivity index (χ3n) is 4.10. The molecule has 0 N–H and O–H groups in total. The highest BCUT2D eigenvalue weighted by Crippen LogP contribution is 2.27. The Hall–Kier alpha value is -3.41. The first-order chi connectivity index (χ1) is 12.3. The van der Waals surface area contributed by atoms with E-state index in [4.69, 9.17) is 9.15 Å². The van der Waals surface area contributed by atoms with Crippen LogP contribution in [0.15, 0.2) is 65.4 Å². The Morgan fingerprint density at radius 3 is 2.68 bits per heavy atom. The first kappa shape index (κ1) is 15.1. The Balaban J connectivity index is 1.74. The summed E-state index contributed by atoms with van der Waals surface area (Å²) in [4.78, 5) is 12.7. The number of hydrogen-bond donors (Lipinski definition) is 0. The van der Waals surface area contributed by atoms with Crippen LogP contribution in [-0.4, -0.2) is 27.7 Å². The van der Waals surface area contributed by atoms with Crippen molar-refractivity contribution in [2.75, 3.05) is 7.11 Å². The van der Waals surface area contributed by atoms with Crippen LogP contribution in [0.1, 0.15) is 10.4 Å². The summed E-state index contributed by atoms with van der Waals surface area (Å²) in [6.45, 7) is 0.178. The second kappa shape index (κ2) is 6.24. The average molecular weight is 333 g/mol. The van der Waals surface area contributed by atoms with Gasteiger partial charge in [0.15, 0.2) is 5.78 Å². The minimum absolute atomic E-state index is 0.00947. The van der Waals surface area contributed by atoms with Gasteiger partial charge >= 0.3 is 0 Å². The number of ether oxygens (including phenoxy) is 1. The molecular formula is C19H15N3O3. The van der Waals surface area contributed by atoms with Gasteiger partial charge < -0.3 is 13.7 Å². The molecule has 0 atom stereocenters. The van der Waals surface area contributed by atoms with E-state index in [1.165, 1.54) is 6.39 Å². The number of aromatic nitrogens is 3. The van der Waals surface area contributed by atoms with Crippen molar-refractivity contribution in [1.29, 1.82) is 0 Å². The molecule has 2 aromatic carbocycles. The van der Waals surface area contributed by atoms with Crippen LogP contribution in [0, 0.1) is 0 Å². The van der Waals surface area contributed by atoms with E-state index < -0.39 is 0 Å². The van der Waals surface area contributed by atoms with E-state index >= 15 is 0 Å². The molecular weight excluding hydrogens is 318 g/mol. The van der Waals surface area contributed by atoms with Crippen molar-refractivity contribution in [3.63, 3.8) is 0 Å². The zero-order valence-corrected chi connectivity index (χ0v) is 13.5. The number of ketones is 1. The average Bonchev–Trinajstić information content (AvgIpc) is 3.30. The van der Waals surface area contributed by atoms with E-state index in [1.807, 2.05) is 34.9 Å². The van der Waals surface area contributed by atoms with Gasteiger partial charge in [-0.3, -0.25) is 4.79 Å². The minimum atomic E-state index is -0.00947. The highest BCUT2D eigenvalue weighted by atomic mass is 16.5. The van der Waals surface area contributed by atoms with Gasteiger partial charge in [0.2, 0.25) is 6.39 Å². The number of rotatable bonds is 5. The number of Topliss-reactive ketones (excluding diaryl/α,β-unsaturated/α-hetero) is 1. The quantitative estimate of drug-likeness (QED) is 0.522. The van der Waals surface area contributed by atoms with Crippen LogP contribution in [0.5, 0.6) is 5.75 Å². The topological polar surface area (TPSA) is 70.2 Å². The Morgan fingerprint density at radius 1 is 1.16 bits per heavy atom. The van der Waals surface area contributed by atoms with Crippen LogP contribution in [0.4, 0.5) is 0 Å². The third-order valence-corrected chi connectivity index (χ3v) is 4.10. The molecule has 0 fully saturated rings. The first-order valence-corrected chi connectivity index (χ1v) is 7.78. The summed E-state index contributed by atoms with van der Waals surface area (Å²) in [5, 5.41) is 8.73. The minimum Gasteiger partial charge on any atom is -0.497 e. The predicted octanol–water partition coefficient (Wildman–Crippen LogP) is 3.58. The van der Waals surface area contributed by atoms with Crippen LogP contribution in [-0.2, 0) is 6.54 Å². The van der Waals surface area contributed by atoms with Gasteiger partial charge in [0.25, 0.3) is 5.89 Å². The molecule has 4 rings (SSSR count). The smallest absolute Gasteiger partial charge is 0.264 e. The molecule has 0 aliphatic heterocycles. The number of carbonyl (C=O) groups excluding carboxylic acids is 1. The number of benzene rings is 2. The Kier molecular flexibility index (Phi) is 3.78. The molecule has 0 amide bonds. The van der Waals surface area contributed by atoms with E-state index in [9.17, 15) is 4.79 Å². The molecule has 0 spiro atoms. The largest absolute Gasteiger partial charge is 0.497 e. The van der Waals surface area contributed by atoms with Gasteiger partial charge in [-0.25, -0.2) is 0 Å². The first-order valence-electron chi connectivity index (χ1n) is 7.78. The van der Waals surface area contributed by atoms with Gasteiger partial charge in [0.1, 0.15) is 11.4 Å². The summed E-state index contributed by atoms with van der Waals surface area (Å²) in [5.74, 6) is 1.10. The van der Waals surface area contributed by atoms with Crippen LogP contribution in [0.3, 0.4) is 0 Å². The lowest BCUT2D eigenvalue weighted by Crippen LogP contribution is -2.11. The van der Waals surface area contributed by atoms with Gasteiger partial charge in [-0.05, 0) is 36.4 Å². The lowest BCUT2D eigenvalue weighted by atomic mass is 10.1. The van der Waals surface area contributed by atoms with Gasteiger partial charge in [-0.1, -0.05) is 18.2 Å². The number of hydrogen-bond acceptors (Lipinski definition) is 5. The molecule has 0 saturated heterocycles. The molecule has 6 nitrogen and oxygen atoms in total. The fourth-order valence-corrected chi connectivity index (χ4v) is 2.85. The second-order valence-corrected chi connectivity index (χ2v) is 5.57. The van der Waals surface area contributed by atoms with Crippen LogP contribution in [0.25, 0.3) is 22.5 Å². The molecule has 0 radical (unpaired) electrons. The van der Waals surface area contributed by atoms with Crippen LogP contribution < -0.4 is 4.74 Å². The normalized spacial score (nSPS) is 10.9. The highest BCUT2D eigenvalue weighted by molar-refractivity contribution is 5.98. The fourth-order valence-electron chi connectivity index (χ4n) is 2.85. The zero-order valence-electron chi connectivity index (χ0n) is 13.5. The third kappa shape index (κ3) is 2.78. The number of carbonyl (C=O) groups is 1. The van der Waals surface area contributed by atoms with Crippen LogP contribution >= 0.6 is 0 Å². The van der Waals surface area contributed by atoms with E-state index in [1.54, 1.807) is 31.4 Å². The van der Waals surface area contributed by atoms with Gasteiger partial charge in [0.05, 0.1) is 13.7 Å². The second-order valence-electron chi connectivity index (χ2n) is 5.57. The van der Waals surface area contributed by atoms with Crippen molar-refractivity contribution in [3.8, 4) is 17.3 Å². The lowest BCUT2D eigenvalue weighted by Gasteiger charge is -2.08. The number of fused-ring (bicyclic) bond motifs is 1. The SMILES string of the molecule is COc1ccc(C(=O)Cn2c(-c3nnco3)cc3ccccc32)cc1. The maximum Gasteiger partial charge on any atom is 0.264 e. The molecule has 6 heteroatoms. The van der Waals surface area contributed by atoms with Crippen molar-refractivity contribution in [2.24, 2.45) is 0 Å². The summed E-state index contributed by atoms with van der Waals surface area (Å²) in [7, 11) is 1.60. The molecule has 0 aliphatic carbocycles. The summed E-state index contributed by atoms with van der Waals surface area (Å²) < 4.78 is 12.4. The van der Waals surface area contributed by atoms with E-state index in [2.05, 4.69) is 10.2 Å². The Bertz CT molecular complexity index is 1020. The van der Waals surface area contributed by atoms with Crippen molar-refractivity contribution < 1.29 is 13.9 Å². The van der Waals surface area contributed by atoms with Gasteiger partial charge in [0, 0.05) is 16.5 Å². The van der Waals surface area contributed by atoms with E-state index in [-0.39, 0.29) is 12.3 Å². The molecule has 0 unspecified atom stereocenters. The van der Waals surface area contributed by atoms with Crippen molar-refractivity contribution >= 4 is 16.7 Å². The van der Waals surface area contributed by atoms with Gasteiger partial charge in [-0.15, -0.1) is 10.2 Å². The molecule has 2 heterocycles. The molecule has 0 bridgehead atoms. The molecule has 2 aromatic heterocycles. The van der Waals surface area contributed by atoms with Crippen molar-refractivity contribution in [2.45, 2.75) is 6.54 Å². The Morgan fingerprint density at radius 2 is 1.96 bits per heavy atom. The molecule has 0 aliphatic rings. The molecule has 0 saturated carbocycles. The summed E-state index contributed by atoms with van der Waals surface area (Å²) in [5.41, 5.74) is 2.29. The number of nitrogens with zero attached hydrogens (tertiary/aromatic N) is 3. The maximum atomic E-state index is 12.7. The Labute approximate surface area is 143 Å². The zero-order chi connectivity index (χ0) is 17.2. The number of methoxy groups -OCH3 is 1. The monoisotopic (exact) mass is 333 g/mol. The maximum absolute atomic E-state index is 12.7. The number of para-hydroxylation sites is 1. The van der Waals surface area contributed by atoms with Crippen LogP contribution in [0.2, 0.25) is 0 Å². The molecule has 25 heavy (non-hydrogen) atoms. The summed E-state index contributed by atoms with van der Waals surface area (Å²) in [6.07, 6.45) is 1.28. The molecule has 124 valence electrons. The molecule has 4 aromatic rings. The highest BCUT2D eigenvalue weighted by Gasteiger charge is 2.17. The summed E-state index contributed by atoms with van der Waals surface area (Å²) >= 11 is 0. The predicted molar refractivity (Wildman–Crippen MR) is 92.6 cm³/mol.